The van der Waals surface area contributed by atoms with Crippen LogP contribution in [-0.2, 0) is 4.79 Å². The Hall–Kier alpha value is -0.210. The van der Waals surface area contributed by atoms with Crippen LogP contribution < -0.4 is 10.6 Å². The second-order valence-corrected chi connectivity index (χ2v) is 6.22. The molecule has 3 nitrogen and oxygen atoms in total. The molecule has 0 saturated carbocycles. The van der Waals surface area contributed by atoms with Gasteiger partial charge in [-0.05, 0) is 59.4 Å². The topological polar surface area (TPSA) is 41.1 Å². The summed E-state index contributed by atoms with van der Waals surface area (Å²) in [4.78, 5) is 11.5. The number of rotatable bonds is 4. The number of nitrogens with one attached hydrogen (secondary N) is 2. The molecule has 0 spiro atoms. The van der Waals surface area contributed by atoms with Gasteiger partial charge in [0.1, 0.15) is 0 Å². The molecule has 0 unspecified atom stereocenters. The summed E-state index contributed by atoms with van der Waals surface area (Å²) in [5.74, 6) is -0.0403. The van der Waals surface area contributed by atoms with Crippen molar-refractivity contribution in [3.05, 3.63) is 26.2 Å². The first kappa shape index (κ1) is 15.8. The minimum atomic E-state index is -0.0403. The Morgan fingerprint density at radius 3 is 2.83 bits per heavy atom. The molecule has 0 bridgehead atoms. The van der Waals surface area contributed by atoms with Crippen molar-refractivity contribution in [3.8, 4) is 0 Å². The van der Waals surface area contributed by atoms with E-state index in [1.54, 1.807) is 0 Å². The van der Waals surface area contributed by atoms with E-state index < -0.39 is 0 Å². The molecule has 0 saturated heterocycles. The van der Waals surface area contributed by atoms with Crippen LogP contribution in [0.4, 0.5) is 5.69 Å². The molecule has 0 aliphatic rings. The molecule has 98 valence electrons. The second kappa shape index (κ2) is 8.06. The highest BCUT2D eigenvalue weighted by Gasteiger charge is 2.06. The molecule has 1 amide bonds. The SMILES string of the molecule is CCCCC(=O)NC(=S)Nc1ccc(Br)cc1I. The van der Waals surface area contributed by atoms with E-state index >= 15 is 0 Å². The molecule has 0 aliphatic carbocycles. The van der Waals surface area contributed by atoms with Gasteiger partial charge in [0, 0.05) is 14.5 Å². The summed E-state index contributed by atoms with van der Waals surface area (Å²) in [7, 11) is 0. The van der Waals surface area contributed by atoms with Crippen molar-refractivity contribution < 1.29 is 4.79 Å². The Morgan fingerprint density at radius 2 is 2.22 bits per heavy atom. The molecule has 2 N–H and O–H groups in total. The minimum absolute atomic E-state index is 0.0403. The first-order chi connectivity index (χ1) is 8.52. The van der Waals surface area contributed by atoms with E-state index in [-0.39, 0.29) is 5.91 Å². The van der Waals surface area contributed by atoms with Gasteiger partial charge in [-0.3, -0.25) is 4.79 Å². The maximum Gasteiger partial charge on any atom is 0.226 e. The Kier molecular flexibility index (Phi) is 7.10. The highest BCUT2D eigenvalue weighted by atomic mass is 127. The van der Waals surface area contributed by atoms with Gasteiger partial charge in [0.25, 0.3) is 0 Å². The summed E-state index contributed by atoms with van der Waals surface area (Å²) in [6.07, 6.45) is 2.39. The smallest absolute Gasteiger partial charge is 0.226 e. The Morgan fingerprint density at radius 1 is 1.50 bits per heavy atom. The van der Waals surface area contributed by atoms with E-state index in [0.717, 1.165) is 26.6 Å². The Labute approximate surface area is 134 Å². The van der Waals surface area contributed by atoms with Crippen LogP contribution in [0.3, 0.4) is 0 Å². The van der Waals surface area contributed by atoms with Crippen LogP contribution in [0.2, 0.25) is 0 Å². The van der Waals surface area contributed by atoms with E-state index in [1.165, 1.54) is 0 Å². The average Bonchev–Trinajstić information content (AvgIpc) is 2.30. The molecule has 1 aromatic rings. The van der Waals surface area contributed by atoms with Gasteiger partial charge in [-0.2, -0.15) is 0 Å². The number of hydrogen-bond donors (Lipinski definition) is 2. The van der Waals surface area contributed by atoms with Crippen molar-refractivity contribution in [2.24, 2.45) is 0 Å². The molecule has 1 rings (SSSR count). The Balaban J connectivity index is 2.51. The van der Waals surface area contributed by atoms with Crippen molar-refractivity contribution in [1.29, 1.82) is 0 Å². The lowest BCUT2D eigenvalue weighted by Gasteiger charge is -2.11. The maximum atomic E-state index is 11.5. The van der Waals surface area contributed by atoms with Crippen LogP contribution >= 0.6 is 50.7 Å². The number of amides is 1. The molecule has 0 radical (unpaired) electrons. The first-order valence-corrected chi connectivity index (χ1v) is 7.86. The van der Waals surface area contributed by atoms with Crippen LogP contribution in [0.5, 0.6) is 0 Å². The largest absolute Gasteiger partial charge is 0.332 e. The molecule has 1 aromatic carbocycles. The number of unbranched alkanes of at least 4 members (excludes halogenated alkanes) is 1. The maximum absolute atomic E-state index is 11.5. The van der Waals surface area contributed by atoms with E-state index in [1.807, 2.05) is 25.1 Å². The van der Waals surface area contributed by atoms with E-state index in [0.29, 0.717) is 11.5 Å². The Bertz CT molecular complexity index is 454. The van der Waals surface area contributed by atoms with Crippen molar-refractivity contribution in [2.75, 3.05) is 5.32 Å². The summed E-state index contributed by atoms with van der Waals surface area (Å²) in [5.41, 5.74) is 0.889. The third-order valence-corrected chi connectivity index (χ3v) is 3.78. The third-order valence-electron chi connectivity index (χ3n) is 2.19. The van der Waals surface area contributed by atoms with Crippen LogP contribution in [0, 0.1) is 3.57 Å². The molecule has 0 fully saturated rings. The molecule has 0 aliphatic heterocycles. The zero-order chi connectivity index (χ0) is 13.5. The molecule has 0 atom stereocenters. The van der Waals surface area contributed by atoms with Gasteiger partial charge in [-0.25, -0.2) is 0 Å². The zero-order valence-electron chi connectivity index (χ0n) is 9.93. The van der Waals surface area contributed by atoms with Gasteiger partial charge in [-0.1, -0.05) is 29.3 Å². The summed E-state index contributed by atoms with van der Waals surface area (Å²) in [6.45, 7) is 2.05. The van der Waals surface area contributed by atoms with Gasteiger partial charge in [-0.15, -0.1) is 0 Å². The van der Waals surface area contributed by atoms with Crippen molar-refractivity contribution in [3.63, 3.8) is 0 Å². The summed E-state index contributed by atoms with van der Waals surface area (Å²) < 4.78 is 2.04. The van der Waals surface area contributed by atoms with E-state index in [2.05, 4.69) is 49.2 Å². The monoisotopic (exact) mass is 440 g/mol. The van der Waals surface area contributed by atoms with Crippen molar-refractivity contribution in [1.82, 2.24) is 5.32 Å². The molecular weight excluding hydrogens is 427 g/mol. The third kappa shape index (κ3) is 5.62. The van der Waals surface area contributed by atoms with E-state index in [4.69, 9.17) is 12.2 Å². The lowest BCUT2D eigenvalue weighted by atomic mass is 10.2. The molecule has 0 aromatic heterocycles. The first-order valence-electron chi connectivity index (χ1n) is 5.58. The highest BCUT2D eigenvalue weighted by molar-refractivity contribution is 14.1. The highest BCUT2D eigenvalue weighted by Crippen LogP contribution is 2.22. The fourth-order valence-corrected chi connectivity index (χ4v) is 2.93. The number of halogens is 2. The summed E-state index contributed by atoms with van der Waals surface area (Å²) in [6, 6.07) is 5.81. The fourth-order valence-electron chi connectivity index (χ4n) is 1.27. The summed E-state index contributed by atoms with van der Waals surface area (Å²) in [5, 5.41) is 6.03. The number of anilines is 1. The van der Waals surface area contributed by atoms with Crippen LogP contribution in [0.1, 0.15) is 26.2 Å². The van der Waals surface area contributed by atoms with Crippen molar-refractivity contribution >= 4 is 67.4 Å². The number of carbonyl (C=O) groups excluding carboxylic acids is 1. The summed E-state index contributed by atoms with van der Waals surface area (Å²) >= 11 is 10.7. The predicted octanol–water partition coefficient (Wildman–Crippen LogP) is 4.06. The van der Waals surface area contributed by atoms with Gasteiger partial charge in [0.2, 0.25) is 5.91 Å². The molecule has 18 heavy (non-hydrogen) atoms. The van der Waals surface area contributed by atoms with Crippen molar-refractivity contribution in [2.45, 2.75) is 26.2 Å². The minimum Gasteiger partial charge on any atom is -0.332 e. The molecular formula is C12H14BrIN2OS. The normalized spacial score (nSPS) is 9.94. The average molecular weight is 441 g/mol. The van der Waals surface area contributed by atoms with Gasteiger partial charge < -0.3 is 10.6 Å². The van der Waals surface area contributed by atoms with Gasteiger partial charge in [0.15, 0.2) is 5.11 Å². The van der Waals surface area contributed by atoms with E-state index in [9.17, 15) is 4.79 Å². The van der Waals surface area contributed by atoms with Gasteiger partial charge >= 0.3 is 0 Å². The number of thiocarbonyl (C=S) groups is 1. The second-order valence-electron chi connectivity index (χ2n) is 3.73. The van der Waals surface area contributed by atoms with Gasteiger partial charge in [0.05, 0.1) is 5.69 Å². The number of carbonyl (C=O) groups is 1. The molecule has 6 heteroatoms. The van der Waals surface area contributed by atoms with Crippen LogP contribution in [0.15, 0.2) is 22.7 Å². The number of benzene rings is 1. The van der Waals surface area contributed by atoms with Crippen LogP contribution in [0.25, 0.3) is 0 Å². The fraction of sp³-hybridized carbons (Fsp3) is 0.333. The molecule has 0 heterocycles. The van der Waals surface area contributed by atoms with Crippen LogP contribution in [-0.4, -0.2) is 11.0 Å². The zero-order valence-corrected chi connectivity index (χ0v) is 14.5. The lowest BCUT2D eigenvalue weighted by Crippen LogP contribution is -2.34. The quantitative estimate of drug-likeness (QED) is 0.548. The predicted molar refractivity (Wildman–Crippen MR) is 90.7 cm³/mol. The standard InChI is InChI=1S/C12H14BrIN2OS/c1-2-3-4-11(17)16-12(18)15-10-6-5-8(13)7-9(10)14/h5-7H,2-4H2,1H3,(H2,15,16,17,18). The lowest BCUT2D eigenvalue weighted by molar-refractivity contribution is -0.119. The number of hydrogen-bond acceptors (Lipinski definition) is 2.